The third-order valence-corrected chi connectivity index (χ3v) is 24.0. The maximum Gasteiger partial charge on any atom is 0.407 e. The minimum Gasteiger partial charge on any atom is -0.493 e. The first-order chi connectivity index (χ1) is 64.6. The molecule has 0 spiro atoms. The summed E-state index contributed by atoms with van der Waals surface area (Å²) in [7, 11) is 3.15. The van der Waals surface area contributed by atoms with Gasteiger partial charge in [-0.05, 0) is 209 Å². The van der Waals surface area contributed by atoms with Gasteiger partial charge in [-0.1, -0.05) is 190 Å². The second-order valence-electron chi connectivity index (χ2n) is 37.1. The zero-order valence-corrected chi connectivity index (χ0v) is 81.3. The number of nitrogens with one attached hydrogen (secondary N) is 4. The Balaban J connectivity index is 0.000000280. The van der Waals surface area contributed by atoms with Crippen LogP contribution in [-0.2, 0) is 63.9 Å². The molecule has 4 N–H and O–H groups in total. The van der Waals surface area contributed by atoms with Crippen LogP contribution in [0.3, 0.4) is 0 Å². The molecule has 0 unspecified atom stereocenters. The summed E-state index contributed by atoms with van der Waals surface area (Å²) in [6, 6.07) is 52.2. The van der Waals surface area contributed by atoms with Crippen molar-refractivity contribution in [1.29, 1.82) is 5.26 Å². The number of Topliss-reactive ketones (excluding diaryl/α,β-unsaturated/α-hetero) is 4. The van der Waals surface area contributed by atoms with Crippen molar-refractivity contribution >= 4 is 64.7 Å². The zero-order valence-electron chi connectivity index (χ0n) is 81.3. The Morgan fingerprint density at radius 3 is 1.20 bits per heavy atom. The normalized spacial score (nSPS) is 17.1. The van der Waals surface area contributed by atoms with E-state index in [9.17, 15) is 53.2 Å². The second-order valence-corrected chi connectivity index (χ2v) is 37.1. The maximum absolute atomic E-state index is 14.8. The lowest BCUT2D eigenvalue weighted by molar-refractivity contribution is -0.142. The van der Waals surface area contributed by atoms with Crippen LogP contribution in [0.2, 0.25) is 0 Å². The van der Waals surface area contributed by atoms with E-state index < -0.39 is 77.1 Å². The van der Waals surface area contributed by atoms with Crippen molar-refractivity contribution in [3.8, 4) is 73.6 Å². The van der Waals surface area contributed by atoms with Gasteiger partial charge in [0.2, 0.25) is 23.6 Å². The van der Waals surface area contributed by atoms with Crippen LogP contribution in [0.5, 0.6) is 23.0 Å². The predicted molar refractivity (Wildman–Crippen MR) is 524 cm³/mol. The van der Waals surface area contributed by atoms with Crippen LogP contribution in [0.4, 0.5) is 9.59 Å². The van der Waals surface area contributed by atoms with Crippen molar-refractivity contribution in [3.05, 3.63) is 214 Å². The van der Waals surface area contributed by atoms with Crippen molar-refractivity contribution < 1.29 is 76.4 Å². The second kappa shape index (κ2) is 49.7. The van der Waals surface area contributed by atoms with Gasteiger partial charge in [-0.2, -0.15) is 10.4 Å². The largest absolute Gasteiger partial charge is 0.493 e. The number of ether oxygens (including phenoxy) is 6. The number of nitrogens with zero attached hydrogens (tertiary/aromatic N) is 6. The highest BCUT2D eigenvalue weighted by atomic mass is 16.6. The van der Waals surface area contributed by atoms with Crippen molar-refractivity contribution in [1.82, 2.24) is 31.1 Å². The Labute approximate surface area is 795 Å². The van der Waals surface area contributed by atoms with Crippen molar-refractivity contribution in [2.75, 3.05) is 60.2 Å². The summed E-state index contributed by atoms with van der Waals surface area (Å²) in [6.07, 6.45) is 7.62. The van der Waals surface area contributed by atoms with Crippen LogP contribution in [0, 0.1) is 35.0 Å². The molecular formula is C109H134N10O16. The number of carbonyl (C=O) groups is 10. The monoisotopic (exact) mass is 1840 g/mol. The number of ketones is 4. The Morgan fingerprint density at radius 2 is 0.837 bits per heavy atom. The van der Waals surface area contributed by atoms with Gasteiger partial charge in [0.05, 0.1) is 44.1 Å². The highest BCUT2D eigenvalue weighted by Crippen LogP contribution is 2.44. The lowest BCUT2D eigenvalue weighted by Crippen LogP contribution is -2.46. The number of likely N-dealkylation sites (N-methyl/N-ethyl adjacent to an activating group) is 2. The summed E-state index contributed by atoms with van der Waals surface area (Å²) in [4.78, 5) is 142. The molecule has 26 heteroatoms. The van der Waals surface area contributed by atoms with Crippen LogP contribution in [-0.4, -0.2) is 158 Å². The summed E-state index contributed by atoms with van der Waals surface area (Å²) < 4.78 is 36.1. The van der Waals surface area contributed by atoms with Crippen LogP contribution in [0.15, 0.2) is 185 Å². The minimum atomic E-state index is -1.15. The molecule has 0 fully saturated rings. The molecule has 0 aromatic heterocycles. The quantitative estimate of drug-likeness (QED) is 0.0212. The van der Waals surface area contributed by atoms with E-state index in [0.29, 0.717) is 106 Å². The summed E-state index contributed by atoms with van der Waals surface area (Å²) in [5, 5.41) is 33.6. The first-order valence-corrected chi connectivity index (χ1v) is 47.6. The molecule has 8 atom stereocenters. The number of unbranched alkanes of at least 4 members (excludes halogenated alkanes) is 2. The van der Waals surface area contributed by atoms with Gasteiger partial charge in [0.25, 0.3) is 0 Å². The average Bonchev–Trinajstić information content (AvgIpc) is 0.879. The lowest BCUT2D eigenvalue weighted by Gasteiger charge is -2.32. The van der Waals surface area contributed by atoms with Gasteiger partial charge in [0, 0.05) is 103 Å². The molecule has 8 aromatic rings. The Hall–Kier alpha value is -13.2. The van der Waals surface area contributed by atoms with Gasteiger partial charge in [-0.25, -0.2) is 9.59 Å². The Morgan fingerprint density at radius 1 is 0.467 bits per heavy atom. The molecule has 3 aliphatic rings. The average molecular weight is 1840 g/mol. The Kier molecular flexibility index (Phi) is 38.3. The molecule has 3 heterocycles. The predicted octanol–water partition coefficient (Wildman–Crippen LogP) is 20.3. The summed E-state index contributed by atoms with van der Waals surface area (Å²) in [6.45, 7) is 27.6. The number of aryl methyl sites for hydroxylation is 2. The zero-order chi connectivity index (χ0) is 97.6. The highest BCUT2D eigenvalue weighted by molar-refractivity contribution is 6.02. The molecule has 6 amide bonds. The van der Waals surface area contributed by atoms with Crippen LogP contribution < -0.4 is 40.2 Å². The first-order valence-electron chi connectivity index (χ1n) is 47.6. The van der Waals surface area contributed by atoms with Gasteiger partial charge in [0.15, 0.2) is 23.1 Å². The first kappa shape index (κ1) is 104. The van der Waals surface area contributed by atoms with Crippen molar-refractivity contribution in [3.63, 3.8) is 0 Å². The number of carbonyl (C=O) groups excluding carboxylic acids is 10. The Bertz CT molecular complexity index is 5560. The number of hydrogen-bond donors (Lipinski definition) is 4. The fourth-order valence-corrected chi connectivity index (χ4v) is 16.5. The summed E-state index contributed by atoms with van der Waals surface area (Å²) >= 11 is 0. The molecule has 3 aliphatic heterocycles. The number of amides is 6. The third kappa shape index (κ3) is 29.7. The van der Waals surface area contributed by atoms with Crippen LogP contribution >= 0.6 is 0 Å². The van der Waals surface area contributed by atoms with E-state index in [1.807, 2.05) is 94.4 Å². The smallest absolute Gasteiger partial charge is 0.407 e. The number of benzene rings is 8. The summed E-state index contributed by atoms with van der Waals surface area (Å²) in [5.41, 5.74) is 11.9. The standard InChI is InChI=1S/C55H68N6O8.C54H66N4O8/c1-9-12-13-36-14-17-39(18-15-36)40-19-21-41(22-20-40)47(62)33-38(11-3)53(65)61(8)51-42-23-25-50(67-27-10-2)44(32-42)43-30-37(16-24-49(43)68-28-26-56-54(66)69-55(5,6)7)31-45(46-34-57-60-59-46)58-52(64)35(4)29-48(51)63;1-9-12-13-36-14-17-39(18-15-36)40-19-21-41(22-20-40)46(59)33-38(11-3)52(62)58(8)50-42-23-25-49(64-27-10-2)45(32-42)44-31-37(30-43(34-55)57-51(61)35(4)29-47(50)60)16-24-48(44)65-28-26-56-53(63)66-54(5,6)7/h14-25,30,32,35,38,45,51H,9-13,26-29,31,33-34H2,1-8H3,(H,56,66)(H,58,64);14-25,31-32,35,38,43,50H,9-13,26-30,33H2,1-8H3,(H,56,63)(H,57,61)/t35-,38-,45+,51+;35-,38-,43+,50+/m11/s1. The molecule has 0 saturated carbocycles. The van der Waals surface area contributed by atoms with Crippen LogP contribution in [0.25, 0.3) is 44.5 Å². The minimum absolute atomic E-state index is 0.0555. The number of fused-ring (bicyclic) bond motifs is 10. The molecule has 26 nitrogen and oxygen atoms in total. The fourth-order valence-electron chi connectivity index (χ4n) is 16.5. The van der Waals surface area contributed by atoms with Gasteiger partial charge in [-0.15, -0.1) is 5.10 Å². The van der Waals surface area contributed by atoms with E-state index >= 15 is 0 Å². The molecule has 716 valence electrons. The van der Waals surface area contributed by atoms with Gasteiger partial charge in [-0.3, -0.25) is 38.4 Å². The number of rotatable bonds is 35. The fraction of sp³-hybridized carbons (Fsp3) is 0.450. The van der Waals surface area contributed by atoms with Crippen molar-refractivity contribution in [2.24, 2.45) is 39.1 Å². The molecule has 0 radical (unpaired) electrons. The number of nitriles is 1. The van der Waals surface area contributed by atoms with Gasteiger partial charge >= 0.3 is 12.2 Å². The molecular weight excluding hydrogens is 1710 g/mol. The molecule has 11 rings (SSSR count). The van der Waals surface area contributed by atoms with Gasteiger partial charge in [0.1, 0.15) is 72.1 Å². The molecule has 0 aliphatic carbocycles. The SMILES string of the molecule is CCCCc1ccc(-c2ccc(C(=O)C[C@@H](CC)C(=O)N(C)[C@@H]3C(=O)C[C@@H](C)C(=O)N[C@H](C#N)Cc4ccc(OCCNC(=O)OC(C)(C)C)c(c4)-c4cc3ccc4OCCC)cc2)cc1.CCCCc1ccc(-c2ccc(C(=O)C[C@@H](CC)C(=O)N(C)[C@@H]3C(=O)C[C@@H](C)C(=O)N[C@H](C4=NN=NC4)Cc4ccc(OCCNC(=O)OC(C)(C)C)c(c4)-c4cc3ccc4OCCC)cc2)cc1. The topological polar surface area (TPSA) is 342 Å². The molecule has 8 bridgehead atoms. The summed E-state index contributed by atoms with van der Waals surface area (Å²) in [5.74, 6) is -3.81. The van der Waals surface area contributed by atoms with E-state index in [1.54, 1.807) is 124 Å². The molecule has 8 aromatic carbocycles. The van der Waals surface area contributed by atoms with E-state index in [4.69, 9.17) is 28.4 Å². The maximum atomic E-state index is 14.8. The molecule has 0 saturated heterocycles. The number of alkyl carbamates (subject to hydrolysis) is 2. The number of hydrogen-bond acceptors (Lipinski definition) is 20. The lowest BCUT2D eigenvalue weighted by atomic mass is 9.88. The highest BCUT2D eigenvalue weighted by Gasteiger charge is 2.39. The van der Waals surface area contributed by atoms with Gasteiger partial charge < -0.3 is 59.5 Å². The molecule has 135 heavy (non-hydrogen) atoms. The van der Waals surface area contributed by atoms with E-state index in [1.165, 1.54) is 20.9 Å². The van der Waals surface area contributed by atoms with E-state index in [2.05, 4.69) is 105 Å². The van der Waals surface area contributed by atoms with Crippen LogP contribution in [0.1, 0.15) is 240 Å². The van der Waals surface area contributed by atoms with E-state index in [-0.39, 0.29) is 106 Å². The third-order valence-electron chi connectivity index (χ3n) is 24.0. The van der Waals surface area contributed by atoms with E-state index in [0.717, 1.165) is 84.7 Å². The van der Waals surface area contributed by atoms with Crippen molar-refractivity contribution in [2.45, 2.75) is 235 Å².